The lowest BCUT2D eigenvalue weighted by Gasteiger charge is -2.29. The van der Waals surface area contributed by atoms with E-state index in [4.69, 9.17) is 17.3 Å². The topological polar surface area (TPSA) is 86.9 Å². The van der Waals surface area contributed by atoms with Gasteiger partial charge in [0.05, 0.1) is 6.10 Å². The van der Waals surface area contributed by atoms with Crippen LogP contribution in [0.3, 0.4) is 0 Å². The van der Waals surface area contributed by atoms with E-state index in [0.717, 1.165) is 24.8 Å². The Morgan fingerprint density at radius 1 is 0.947 bits per heavy atom. The van der Waals surface area contributed by atoms with E-state index >= 15 is 0 Å². The van der Waals surface area contributed by atoms with Crippen LogP contribution < -0.4 is 5.73 Å². The van der Waals surface area contributed by atoms with Crippen LogP contribution in [0, 0.1) is 18.7 Å². The highest BCUT2D eigenvalue weighted by Crippen LogP contribution is 2.19. The van der Waals surface area contributed by atoms with E-state index in [9.17, 15) is 19.1 Å². The number of aliphatic hydroxyl groups is 1. The molecular weight excluding hydrogens is 505 g/mol. The lowest BCUT2D eigenvalue weighted by Crippen LogP contribution is -2.47. The van der Waals surface area contributed by atoms with Crippen molar-refractivity contribution in [3.05, 3.63) is 69.5 Å². The molecule has 38 heavy (non-hydrogen) atoms. The second-order valence-corrected chi connectivity index (χ2v) is 11.0. The SMILES string of the molecule is CCCN(CCC)C(=O)c1cc(C)cc(C(=O)N(CCC(C)C)C[C@@H](O)[C@@H](N)Cc2cc(F)cc(Cl)c2)c1. The fourth-order valence-corrected chi connectivity index (χ4v) is 4.68. The highest BCUT2D eigenvalue weighted by Gasteiger charge is 2.25. The zero-order valence-corrected chi connectivity index (χ0v) is 24.1. The molecule has 2 amide bonds. The van der Waals surface area contributed by atoms with Crippen LogP contribution in [0.1, 0.15) is 78.8 Å². The summed E-state index contributed by atoms with van der Waals surface area (Å²) in [6.07, 6.45) is 1.62. The third-order valence-corrected chi connectivity index (χ3v) is 6.62. The summed E-state index contributed by atoms with van der Waals surface area (Å²) in [6.45, 7) is 11.8. The predicted molar refractivity (Wildman–Crippen MR) is 152 cm³/mol. The van der Waals surface area contributed by atoms with Gasteiger partial charge in [0.25, 0.3) is 11.8 Å². The summed E-state index contributed by atoms with van der Waals surface area (Å²) in [4.78, 5) is 30.3. The van der Waals surface area contributed by atoms with Gasteiger partial charge in [0.2, 0.25) is 0 Å². The van der Waals surface area contributed by atoms with Crippen molar-refractivity contribution in [1.82, 2.24) is 9.80 Å². The molecule has 0 saturated carbocycles. The molecule has 0 aromatic heterocycles. The maximum Gasteiger partial charge on any atom is 0.253 e. The van der Waals surface area contributed by atoms with E-state index in [0.29, 0.717) is 42.2 Å². The Morgan fingerprint density at radius 2 is 1.53 bits per heavy atom. The van der Waals surface area contributed by atoms with Crippen LogP contribution in [0.25, 0.3) is 0 Å². The quantitative estimate of drug-likeness (QED) is 0.328. The molecule has 8 heteroatoms. The third-order valence-electron chi connectivity index (χ3n) is 6.40. The molecule has 2 atom stereocenters. The normalized spacial score (nSPS) is 12.9. The summed E-state index contributed by atoms with van der Waals surface area (Å²) in [7, 11) is 0. The first-order chi connectivity index (χ1) is 17.9. The fraction of sp³-hybridized carbons (Fsp3) is 0.533. The van der Waals surface area contributed by atoms with Crippen LogP contribution in [0.2, 0.25) is 5.02 Å². The number of carbonyl (C=O) groups excluding carboxylic acids is 2. The van der Waals surface area contributed by atoms with Crippen LogP contribution in [-0.4, -0.2) is 65.0 Å². The van der Waals surface area contributed by atoms with E-state index in [-0.39, 0.29) is 29.8 Å². The number of hydrogen-bond acceptors (Lipinski definition) is 4. The molecule has 0 spiro atoms. The molecule has 2 rings (SSSR count). The molecule has 6 nitrogen and oxygen atoms in total. The highest BCUT2D eigenvalue weighted by molar-refractivity contribution is 6.30. The average Bonchev–Trinajstić information content (AvgIpc) is 2.84. The number of carbonyl (C=O) groups is 2. The van der Waals surface area contributed by atoms with Crippen LogP contribution in [0.5, 0.6) is 0 Å². The minimum Gasteiger partial charge on any atom is -0.390 e. The number of amides is 2. The summed E-state index contributed by atoms with van der Waals surface area (Å²) in [5.74, 6) is -0.474. The van der Waals surface area contributed by atoms with Gasteiger partial charge in [0.1, 0.15) is 5.82 Å². The van der Waals surface area contributed by atoms with Crippen molar-refractivity contribution in [3.8, 4) is 0 Å². The Labute approximate surface area is 232 Å². The van der Waals surface area contributed by atoms with E-state index < -0.39 is 18.0 Å². The molecule has 0 bridgehead atoms. The zero-order chi connectivity index (χ0) is 28.4. The highest BCUT2D eigenvalue weighted by atomic mass is 35.5. The van der Waals surface area contributed by atoms with Gasteiger partial charge in [-0.25, -0.2) is 4.39 Å². The van der Waals surface area contributed by atoms with Crippen LogP contribution in [0.15, 0.2) is 36.4 Å². The summed E-state index contributed by atoms with van der Waals surface area (Å²) < 4.78 is 13.7. The van der Waals surface area contributed by atoms with Crippen LogP contribution >= 0.6 is 11.6 Å². The monoisotopic (exact) mass is 547 g/mol. The molecule has 0 aliphatic heterocycles. The molecule has 0 saturated heterocycles. The summed E-state index contributed by atoms with van der Waals surface area (Å²) in [6, 6.07) is 8.67. The standard InChI is InChI=1S/C30H43ClFN3O3/c1-6-9-34(10-7-2)29(37)23-12-21(5)13-24(17-23)30(38)35(11-8-20(3)4)19-28(36)27(33)16-22-14-25(31)18-26(32)15-22/h12-15,17-18,20,27-28,36H,6-11,16,19,33H2,1-5H3/t27-,28+/m0/s1. The largest absolute Gasteiger partial charge is 0.390 e. The fourth-order valence-electron chi connectivity index (χ4n) is 4.44. The van der Waals surface area contributed by atoms with Crippen molar-refractivity contribution in [2.45, 2.75) is 72.4 Å². The van der Waals surface area contributed by atoms with Gasteiger partial charge in [0, 0.05) is 48.4 Å². The number of hydrogen-bond donors (Lipinski definition) is 2. The lowest BCUT2D eigenvalue weighted by molar-refractivity contribution is 0.0563. The number of rotatable bonds is 14. The second kappa shape index (κ2) is 15.2. The van der Waals surface area contributed by atoms with Gasteiger partial charge in [-0.3, -0.25) is 9.59 Å². The number of aliphatic hydroxyl groups excluding tert-OH is 1. The van der Waals surface area contributed by atoms with Gasteiger partial charge in [-0.2, -0.15) is 0 Å². The molecule has 0 radical (unpaired) electrons. The number of nitrogens with two attached hydrogens (primary N) is 1. The van der Waals surface area contributed by atoms with E-state index in [2.05, 4.69) is 13.8 Å². The molecule has 3 N–H and O–H groups in total. The first-order valence-electron chi connectivity index (χ1n) is 13.5. The minimum atomic E-state index is -1.04. The molecular formula is C30H43ClFN3O3. The Hall–Kier alpha value is -2.48. The summed E-state index contributed by atoms with van der Waals surface area (Å²) >= 11 is 5.96. The van der Waals surface area contributed by atoms with Gasteiger partial charge in [0.15, 0.2) is 0 Å². The van der Waals surface area contributed by atoms with Crippen LogP contribution in [0.4, 0.5) is 4.39 Å². The van der Waals surface area contributed by atoms with Crippen molar-refractivity contribution >= 4 is 23.4 Å². The van der Waals surface area contributed by atoms with Crippen molar-refractivity contribution in [2.75, 3.05) is 26.2 Å². The van der Waals surface area contributed by atoms with Gasteiger partial charge in [-0.05, 0) is 86.1 Å². The third kappa shape index (κ3) is 9.68. The van der Waals surface area contributed by atoms with Gasteiger partial charge >= 0.3 is 0 Å². The van der Waals surface area contributed by atoms with Crippen molar-refractivity contribution in [2.24, 2.45) is 11.7 Å². The molecule has 0 fully saturated rings. The van der Waals surface area contributed by atoms with Gasteiger partial charge in [-0.15, -0.1) is 0 Å². The predicted octanol–water partition coefficient (Wildman–Crippen LogP) is 5.47. The maximum atomic E-state index is 13.7. The Morgan fingerprint density at radius 3 is 2.05 bits per heavy atom. The van der Waals surface area contributed by atoms with E-state index in [1.807, 2.05) is 31.7 Å². The summed E-state index contributed by atoms with van der Waals surface area (Å²) in [5, 5.41) is 11.2. The van der Waals surface area contributed by atoms with Gasteiger partial charge in [-0.1, -0.05) is 39.3 Å². The number of aryl methyl sites for hydroxylation is 1. The molecule has 210 valence electrons. The Bertz CT molecular complexity index is 1050. The van der Waals surface area contributed by atoms with Crippen LogP contribution in [-0.2, 0) is 6.42 Å². The molecule has 0 heterocycles. The molecule has 2 aromatic carbocycles. The Balaban J connectivity index is 2.27. The first-order valence-corrected chi connectivity index (χ1v) is 13.9. The molecule has 0 unspecified atom stereocenters. The minimum absolute atomic E-state index is 0.0186. The average molecular weight is 548 g/mol. The zero-order valence-electron chi connectivity index (χ0n) is 23.3. The van der Waals surface area contributed by atoms with Gasteiger partial charge < -0.3 is 20.6 Å². The number of nitrogens with zero attached hydrogens (tertiary/aromatic N) is 2. The summed E-state index contributed by atoms with van der Waals surface area (Å²) in [5.41, 5.74) is 8.55. The smallest absolute Gasteiger partial charge is 0.253 e. The van der Waals surface area contributed by atoms with Crippen molar-refractivity contribution in [3.63, 3.8) is 0 Å². The second-order valence-electron chi connectivity index (χ2n) is 10.5. The van der Waals surface area contributed by atoms with Crippen molar-refractivity contribution in [1.29, 1.82) is 0 Å². The van der Waals surface area contributed by atoms with E-state index in [1.54, 1.807) is 23.1 Å². The Kier molecular flexibility index (Phi) is 12.7. The molecule has 0 aliphatic rings. The maximum absolute atomic E-state index is 13.7. The lowest BCUT2D eigenvalue weighted by atomic mass is 10.00. The van der Waals surface area contributed by atoms with Crippen molar-refractivity contribution < 1.29 is 19.1 Å². The molecule has 2 aromatic rings. The first kappa shape index (κ1) is 31.7. The number of benzene rings is 2. The molecule has 0 aliphatic carbocycles. The number of halogens is 2. The van der Waals surface area contributed by atoms with E-state index in [1.165, 1.54) is 12.1 Å².